The van der Waals surface area contributed by atoms with Crippen LogP contribution in [-0.4, -0.2) is 26.8 Å². The van der Waals surface area contributed by atoms with Crippen LogP contribution in [0.5, 0.6) is 0 Å². The lowest BCUT2D eigenvalue weighted by Gasteiger charge is -2.17. The number of carbonyl (C=O) groups is 1. The zero-order valence-electron chi connectivity index (χ0n) is 13.4. The summed E-state index contributed by atoms with van der Waals surface area (Å²) in [6.45, 7) is 1.86. The molecule has 1 aliphatic carbocycles. The van der Waals surface area contributed by atoms with Gasteiger partial charge in [0, 0.05) is 13.1 Å². The maximum atomic E-state index is 12.4. The number of hydrogen-bond acceptors (Lipinski definition) is 4. The van der Waals surface area contributed by atoms with Crippen molar-refractivity contribution in [3.63, 3.8) is 0 Å². The third-order valence-corrected chi connectivity index (χ3v) is 5.44. The second-order valence-corrected chi connectivity index (χ2v) is 7.33. The molecule has 0 spiro atoms. The highest BCUT2D eigenvalue weighted by atomic mass is 32.2. The number of hydrogen-bond donors (Lipinski definition) is 1. The smallest absolute Gasteiger partial charge is 0.261 e. The van der Waals surface area contributed by atoms with Crippen LogP contribution in [0.15, 0.2) is 34.2 Å². The second-order valence-electron chi connectivity index (χ2n) is 6.03. The molecule has 0 radical (unpaired) electrons. The van der Waals surface area contributed by atoms with Crippen molar-refractivity contribution in [2.45, 2.75) is 49.1 Å². The Hall–Kier alpha value is -1.82. The Kier molecular flexibility index (Phi) is 4.71. The molecular weight excluding hydrogens is 310 g/mol. The van der Waals surface area contributed by atoms with Crippen molar-refractivity contribution in [3.8, 4) is 0 Å². The van der Waals surface area contributed by atoms with E-state index in [2.05, 4.69) is 10.3 Å². The summed E-state index contributed by atoms with van der Waals surface area (Å²) < 4.78 is 1.52. The Balaban J connectivity index is 1.79. The molecule has 1 unspecified atom stereocenters. The van der Waals surface area contributed by atoms with E-state index in [1.54, 1.807) is 13.1 Å². The molecule has 5 nitrogen and oxygen atoms in total. The Morgan fingerprint density at radius 2 is 2.04 bits per heavy atom. The molecule has 2 aromatic rings. The molecule has 1 heterocycles. The van der Waals surface area contributed by atoms with E-state index in [1.807, 2.05) is 25.1 Å². The van der Waals surface area contributed by atoms with E-state index < -0.39 is 0 Å². The Morgan fingerprint density at radius 1 is 1.35 bits per heavy atom. The van der Waals surface area contributed by atoms with Gasteiger partial charge in [-0.25, -0.2) is 4.98 Å². The topological polar surface area (TPSA) is 64.0 Å². The second kappa shape index (κ2) is 6.74. The molecular formula is C17H21N3O2S. The summed E-state index contributed by atoms with van der Waals surface area (Å²) >= 11 is 1.33. The lowest BCUT2D eigenvalue weighted by atomic mass is 10.2. The van der Waals surface area contributed by atoms with E-state index in [1.165, 1.54) is 29.2 Å². The molecule has 1 aliphatic rings. The van der Waals surface area contributed by atoms with Crippen LogP contribution in [-0.2, 0) is 11.8 Å². The van der Waals surface area contributed by atoms with Gasteiger partial charge >= 0.3 is 0 Å². The molecule has 1 N–H and O–H groups in total. The van der Waals surface area contributed by atoms with Crippen molar-refractivity contribution < 1.29 is 4.79 Å². The number of nitrogens with one attached hydrogen (secondary N) is 1. The number of amides is 1. The molecule has 1 saturated carbocycles. The van der Waals surface area contributed by atoms with Gasteiger partial charge in [0.1, 0.15) is 0 Å². The molecule has 1 aromatic carbocycles. The molecule has 0 bridgehead atoms. The van der Waals surface area contributed by atoms with Crippen LogP contribution in [0.3, 0.4) is 0 Å². The van der Waals surface area contributed by atoms with Gasteiger partial charge in [-0.1, -0.05) is 36.7 Å². The van der Waals surface area contributed by atoms with Crippen LogP contribution >= 0.6 is 11.8 Å². The molecule has 122 valence electrons. The van der Waals surface area contributed by atoms with Gasteiger partial charge in [0.05, 0.1) is 16.2 Å². The van der Waals surface area contributed by atoms with Crippen LogP contribution in [0.2, 0.25) is 0 Å². The number of fused-ring (bicyclic) bond motifs is 1. The number of nitrogens with zero attached hydrogens (tertiary/aromatic N) is 2. The Labute approximate surface area is 139 Å². The predicted octanol–water partition coefficient (Wildman–Crippen LogP) is 2.47. The fourth-order valence-electron chi connectivity index (χ4n) is 2.90. The highest BCUT2D eigenvalue weighted by molar-refractivity contribution is 8.00. The quantitative estimate of drug-likeness (QED) is 0.690. The number of benzene rings is 1. The molecule has 1 aromatic heterocycles. The minimum Gasteiger partial charge on any atom is -0.352 e. The summed E-state index contributed by atoms with van der Waals surface area (Å²) in [5.74, 6) is 0.0179. The van der Waals surface area contributed by atoms with Crippen LogP contribution in [0.4, 0.5) is 0 Å². The van der Waals surface area contributed by atoms with Crippen molar-refractivity contribution >= 4 is 28.6 Å². The van der Waals surface area contributed by atoms with Crippen molar-refractivity contribution in [2.24, 2.45) is 7.05 Å². The van der Waals surface area contributed by atoms with Crippen LogP contribution < -0.4 is 10.9 Å². The molecule has 1 fully saturated rings. The standard InChI is InChI=1S/C17H21N3O2S/c1-11(15(21)18-12-7-3-4-8-12)23-17-19-14-10-6-5-9-13(14)16(22)20(17)2/h5-6,9-12H,3-4,7-8H2,1-2H3,(H,18,21). The third kappa shape index (κ3) is 3.42. The van der Waals surface area contributed by atoms with E-state index in [9.17, 15) is 9.59 Å². The molecule has 1 atom stereocenters. The Morgan fingerprint density at radius 3 is 2.78 bits per heavy atom. The largest absolute Gasteiger partial charge is 0.352 e. The molecule has 3 rings (SSSR count). The monoisotopic (exact) mass is 331 g/mol. The van der Waals surface area contributed by atoms with Gasteiger partial charge in [-0.2, -0.15) is 0 Å². The maximum Gasteiger partial charge on any atom is 0.261 e. The van der Waals surface area contributed by atoms with E-state index in [-0.39, 0.29) is 16.7 Å². The first-order chi connectivity index (χ1) is 11.1. The predicted molar refractivity (Wildman–Crippen MR) is 92.7 cm³/mol. The summed E-state index contributed by atoms with van der Waals surface area (Å²) in [6.07, 6.45) is 4.51. The molecule has 1 amide bonds. The van der Waals surface area contributed by atoms with E-state index in [0.717, 1.165) is 12.8 Å². The van der Waals surface area contributed by atoms with Gasteiger partial charge in [-0.3, -0.25) is 14.2 Å². The van der Waals surface area contributed by atoms with Gasteiger partial charge in [-0.15, -0.1) is 0 Å². The van der Waals surface area contributed by atoms with Crippen LogP contribution in [0.25, 0.3) is 10.9 Å². The number of carbonyl (C=O) groups excluding carboxylic acids is 1. The van der Waals surface area contributed by atoms with Gasteiger partial charge in [0.25, 0.3) is 5.56 Å². The average Bonchev–Trinajstić information content (AvgIpc) is 3.05. The van der Waals surface area contributed by atoms with Crippen LogP contribution in [0, 0.1) is 0 Å². The van der Waals surface area contributed by atoms with Crippen LogP contribution in [0.1, 0.15) is 32.6 Å². The number of thioether (sulfide) groups is 1. The summed E-state index contributed by atoms with van der Waals surface area (Å²) in [7, 11) is 1.70. The fraction of sp³-hybridized carbons (Fsp3) is 0.471. The van der Waals surface area contributed by atoms with Crippen molar-refractivity contribution in [1.29, 1.82) is 0 Å². The molecule has 0 aliphatic heterocycles. The number of rotatable bonds is 4. The van der Waals surface area contributed by atoms with Crippen molar-refractivity contribution in [3.05, 3.63) is 34.6 Å². The zero-order valence-corrected chi connectivity index (χ0v) is 14.2. The van der Waals surface area contributed by atoms with E-state index >= 15 is 0 Å². The number of aromatic nitrogens is 2. The van der Waals surface area contributed by atoms with E-state index in [4.69, 9.17) is 0 Å². The fourth-order valence-corrected chi connectivity index (χ4v) is 3.79. The molecule has 6 heteroatoms. The maximum absolute atomic E-state index is 12.4. The Bertz CT molecular complexity index is 781. The summed E-state index contributed by atoms with van der Waals surface area (Å²) in [5.41, 5.74) is 0.586. The highest BCUT2D eigenvalue weighted by Crippen LogP contribution is 2.23. The summed E-state index contributed by atoms with van der Waals surface area (Å²) in [6, 6.07) is 7.59. The van der Waals surface area contributed by atoms with Gasteiger partial charge in [-0.05, 0) is 31.9 Å². The van der Waals surface area contributed by atoms with Gasteiger partial charge < -0.3 is 5.32 Å². The summed E-state index contributed by atoms with van der Waals surface area (Å²) in [4.78, 5) is 29.2. The summed E-state index contributed by atoms with van der Waals surface area (Å²) in [5, 5.41) is 3.98. The lowest BCUT2D eigenvalue weighted by Crippen LogP contribution is -2.38. The molecule has 0 saturated heterocycles. The SMILES string of the molecule is CC(Sc1nc2ccccc2c(=O)n1C)C(=O)NC1CCCC1. The van der Waals surface area contributed by atoms with Crippen molar-refractivity contribution in [2.75, 3.05) is 0 Å². The molecule has 23 heavy (non-hydrogen) atoms. The minimum atomic E-state index is -0.283. The lowest BCUT2D eigenvalue weighted by molar-refractivity contribution is -0.120. The van der Waals surface area contributed by atoms with E-state index in [0.29, 0.717) is 22.1 Å². The average molecular weight is 331 g/mol. The number of para-hydroxylation sites is 1. The highest BCUT2D eigenvalue weighted by Gasteiger charge is 2.22. The van der Waals surface area contributed by atoms with Crippen molar-refractivity contribution in [1.82, 2.24) is 14.9 Å². The first-order valence-electron chi connectivity index (χ1n) is 7.99. The third-order valence-electron chi connectivity index (χ3n) is 4.30. The minimum absolute atomic E-state index is 0.0179. The first-order valence-corrected chi connectivity index (χ1v) is 8.87. The van der Waals surface area contributed by atoms with Gasteiger partial charge in [0.2, 0.25) is 5.91 Å². The first kappa shape index (κ1) is 16.1. The van der Waals surface area contributed by atoms with Gasteiger partial charge in [0.15, 0.2) is 5.16 Å². The normalized spacial score (nSPS) is 16.6. The zero-order chi connectivity index (χ0) is 16.4.